The summed E-state index contributed by atoms with van der Waals surface area (Å²) in [5, 5.41) is 3.58. The zero-order chi connectivity index (χ0) is 31.0. The van der Waals surface area contributed by atoms with Crippen LogP contribution in [0.25, 0.3) is 44.5 Å². The fourth-order valence-electron chi connectivity index (χ4n) is 3.96. The number of hydrogen-bond donors (Lipinski definition) is 0. The molecule has 193 valence electrons. The van der Waals surface area contributed by atoms with E-state index in [4.69, 9.17) is 12.6 Å². The average Bonchev–Trinajstić information content (AvgIpc) is 3.34. The van der Waals surface area contributed by atoms with Crippen LogP contribution >= 0.6 is 0 Å². The molecule has 3 heterocycles. The normalized spacial score (nSPS) is 14.1. The molecule has 6 rings (SSSR count). The van der Waals surface area contributed by atoms with Crippen LogP contribution < -0.4 is 5.19 Å². The van der Waals surface area contributed by atoms with Gasteiger partial charge in [-0.25, -0.2) is 0 Å². The predicted octanol–water partition coefficient (Wildman–Crippen LogP) is 8.16. The molecule has 0 amide bonds. The maximum atomic E-state index is 7.28. The number of rotatable bonds is 3. The molecule has 5 heteroatoms. The number of para-hydroxylation sites is 1. The van der Waals surface area contributed by atoms with Crippen LogP contribution in [0.4, 0.5) is 0 Å². The third-order valence-electron chi connectivity index (χ3n) is 6.07. The molecule has 0 aliphatic rings. The molecule has 3 nitrogen and oxygen atoms in total. The van der Waals surface area contributed by atoms with Crippen molar-refractivity contribution in [3.63, 3.8) is 0 Å². The van der Waals surface area contributed by atoms with Gasteiger partial charge in [0.25, 0.3) is 0 Å². The Morgan fingerprint density at radius 2 is 1.42 bits per heavy atom. The van der Waals surface area contributed by atoms with E-state index in [0.717, 1.165) is 33.2 Å². The zero-order valence-corrected chi connectivity index (χ0v) is 24.7. The van der Waals surface area contributed by atoms with E-state index in [-0.39, 0.29) is 31.2 Å². The van der Waals surface area contributed by atoms with E-state index in [1.165, 1.54) is 29.6 Å². The number of fused-ring (bicyclic) bond motifs is 3. The number of nitrogens with zero attached hydrogens (tertiary/aromatic N) is 2. The van der Waals surface area contributed by atoms with Gasteiger partial charge >= 0.3 is 0 Å². The van der Waals surface area contributed by atoms with Gasteiger partial charge in [-0.05, 0) is 35.9 Å². The first-order chi connectivity index (χ1) is 20.2. The van der Waals surface area contributed by atoms with E-state index in [1.807, 2.05) is 30.5 Å². The Hall–Kier alpha value is -3.37. The van der Waals surface area contributed by atoms with Gasteiger partial charge in [0.15, 0.2) is 0 Å². The van der Waals surface area contributed by atoms with Crippen molar-refractivity contribution in [3.05, 3.63) is 115 Å². The van der Waals surface area contributed by atoms with Gasteiger partial charge in [-0.1, -0.05) is 56.8 Å². The van der Waals surface area contributed by atoms with Crippen LogP contribution in [0.1, 0.15) is 19.4 Å². The van der Waals surface area contributed by atoms with Gasteiger partial charge in [0.05, 0.1) is 0 Å². The van der Waals surface area contributed by atoms with E-state index >= 15 is 0 Å². The summed E-state index contributed by atoms with van der Waals surface area (Å²) in [6, 6.07) is 30.3. The minimum absolute atomic E-state index is 0. The Balaban J connectivity index is 0.000000199. The summed E-state index contributed by atoms with van der Waals surface area (Å²) >= 11 is 0. The van der Waals surface area contributed by atoms with Gasteiger partial charge in [0.2, 0.25) is 0 Å². The predicted molar refractivity (Wildman–Crippen MR) is 157 cm³/mol. The molecule has 0 spiro atoms. The number of aryl methyl sites for hydroxylation is 2. The van der Waals surface area contributed by atoms with Gasteiger partial charge in [-0.15, -0.1) is 70.4 Å². The van der Waals surface area contributed by atoms with Crippen molar-refractivity contribution in [2.24, 2.45) is 0 Å². The van der Waals surface area contributed by atoms with Crippen molar-refractivity contribution in [1.29, 1.82) is 0 Å². The molecule has 0 bridgehead atoms. The van der Waals surface area contributed by atoms with Gasteiger partial charge in [-0.3, -0.25) is 0 Å². The maximum Gasteiger partial charge on any atom is 0.135 e. The van der Waals surface area contributed by atoms with Crippen LogP contribution in [0.15, 0.2) is 95.7 Å². The largest absolute Gasteiger partial charge is 0.457 e. The molecule has 0 fully saturated rings. The molecule has 3 aromatic carbocycles. The summed E-state index contributed by atoms with van der Waals surface area (Å²) in [7, 11) is -1.29. The standard InChI is InChI=1S/C20H18NOSi.C13H12N.Ir/c1-23(2,3)15-10-8-14(9-11-15)18-12-20-17(13-21-18)16-6-4-5-7-19(16)22-20;1-10-3-6-12(7-4-10)13-8-5-11(2)9-14-13;/h4-8,10-13H,1-3H3;3-6,8-9H,1-2H3;/q2*-1;/i;1D3,2D3;. The summed E-state index contributed by atoms with van der Waals surface area (Å²) in [6.45, 7) is 2.69. The SMILES string of the molecule is C[Si](C)(C)c1c[c-]c(-c2cc3oc4ccccc4c3cn2)cc1.[2H]C([2H])([2H])c1c[c-]c(-c2ccc(C([2H])([2H])[2H])cn2)cc1.[Ir]. The van der Waals surface area contributed by atoms with Crippen LogP contribution in [-0.4, -0.2) is 18.0 Å². The summed E-state index contributed by atoms with van der Waals surface area (Å²) < 4.78 is 49.6. The van der Waals surface area contributed by atoms with E-state index in [9.17, 15) is 0 Å². The Bertz CT molecular complexity index is 1800. The van der Waals surface area contributed by atoms with Gasteiger partial charge in [-0.2, -0.15) is 0 Å². The molecule has 0 aliphatic heterocycles. The van der Waals surface area contributed by atoms with Gasteiger partial charge < -0.3 is 14.4 Å². The average molecular weight is 697 g/mol. The van der Waals surface area contributed by atoms with Crippen molar-refractivity contribution in [2.45, 2.75) is 33.3 Å². The fourth-order valence-corrected chi connectivity index (χ4v) is 5.04. The summed E-state index contributed by atoms with van der Waals surface area (Å²) in [4.78, 5) is 8.69. The molecule has 38 heavy (non-hydrogen) atoms. The number of aromatic nitrogens is 2. The first-order valence-corrected chi connectivity index (χ1v) is 15.5. The van der Waals surface area contributed by atoms with Crippen molar-refractivity contribution in [1.82, 2.24) is 9.97 Å². The number of hydrogen-bond acceptors (Lipinski definition) is 3. The Morgan fingerprint density at radius 1 is 0.711 bits per heavy atom. The summed E-state index contributed by atoms with van der Waals surface area (Å²) in [5.74, 6) is 0. The molecule has 3 aromatic heterocycles. The number of furan rings is 1. The topological polar surface area (TPSA) is 38.9 Å². The minimum Gasteiger partial charge on any atom is -0.457 e. The maximum absolute atomic E-state index is 7.28. The zero-order valence-electron chi connectivity index (χ0n) is 27.3. The molecule has 0 saturated carbocycles. The van der Waals surface area contributed by atoms with Crippen LogP contribution in [-0.2, 0) is 20.1 Å². The molecule has 0 unspecified atom stereocenters. The van der Waals surface area contributed by atoms with Crippen LogP contribution in [0.3, 0.4) is 0 Å². The monoisotopic (exact) mass is 697 g/mol. The second-order valence-electron chi connectivity index (χ2n) is 9.83. The minimum atomic E-state index is -2.18. The second kappa shape index (κ2) is 11.6. The van der Waals surface area contributed by atoms with E-state index in [0.29, 0.717) is 11.3 Å². The molecular formula is C33H30IrN2OSi-2. The summed E-state index contributed by atoms with van der Waals surface area (Å²) in [5.41, 5.74) is 5.23. The molecule has 0 aliphatic carbocycles. The van der Waals surface area contributed by atoms with Crippen LogP contribution in [0.5, 0.6) is 0 Å². The first kappa shape index (κ1) is 20.6. The molecule has 0 saturated heterocycles. The third-order valence-corrected chi connectivity index (χ3v) is 8.11. The Kier molecular flexibility index (Phi) is 6.26. The smallest absolute Gasteiger partial charge is 0.135 e. The van der Waals surface area contributed by atoms with Crippen molar-refractivity contribution in [2.75, 3.05) is 0 Å². The number of pyridine rings is 2. The van der Waals surface area contributed by atoms with E-state index in [1.54, 1.807) is 12.1 Å². The molecule has 0 atom stereocenters. The first-order valence-electron chi connectivity index (χ1n) is 15.0. The third kappa shape index (κ3) is 6.19. The van der Waals surface area contributed by atoms with Gasteiger partial charge in [0.1, 0.15) is 11.2 Å². The number of benzene rings is 3. The van der Waals surface area contributed by atoms with Crippen molar-refractivity contribution >= 4 is 35.2 Å². The van der Waals surface area contributed by atoms with Crippen molar-refractivity contribution in [3.8, 4) is 22.5 Å². The Morgan fingerprint density at radius 3 is 2.08 bits per heavy atom. The van der Waals surface area contributed by atoms with Gasteiger partial charge in [0, 0.05) is 59.6 Å². The molecular weight excluding hydrogens is 661 g/mol. The molecule has 1 radical (unpaired) electrons. The summed E-state index contributed by atoms with van der Waals surface area (Å²) in [6.07, 6.45) is 3.20. The quantitative estimate of drug-likeness (QED) is 0.139. The Labute approximate surface area is 247 Å². The van der Waals surface area contributed by atoms with Crippen LogP contribution in [0, 0.1) is 25.8 Å². The van der Waals surface area contributed by atoms with E-state index in [2.05, 4.69) is 66.0 Å². The fraction of sp³-hybridized carbons (Fsp3) is 0.152. The van der Waals surface area contributed by atoms with Crippen molar-refractivity contribution < 1.29 is 32.7 Å². The second-order valence-corrected chi connectivity index (χ2v) is 14.9. The molecule has 6 aromatic rings. The van der Waals surface area contributed by atoms with E-state index < -0.39 is 21.8 Å². The van der Waals surface area contributed by atoms with Crippen LogP contribution in [0.2, 0.25) is 19.6 Å². The molecule has 0 N–H and O–H groups in total.